The Balaban J connectivity index is 1.81. The van der Waals surface area contributed by atoms with Crippen molar-refractivity contribution in [1.29, 1.82) is 0 Å². The molecule has 0 amide bonds. The second-order valence-corrected chi connectivity index (χ2v) is 7.91. The van der Waals surface area contributed by atoms with Crippen LogP contribution in [0.15, 0.2) is 80.9 Å². The predicted molar refractivity (Wildman–Crippen MR) is 134 cm³/mol. The van der Waals surface area contributed by atoms with E-state index in [0.717, 1.165) is 28.1 Å². The van der Waals surface area contributed by atoms with Gasteiger partial charge < -0.3 is 9.73 Å². The molecule has 0 spiro atoms. The van der Waals surface area contributed by atoms with Crippen LogP contribution in [0.25, 0.3) is 22.3 Å². The van der Waals surface area contributed by atoms with Crippen molar-refractivity contribution < 1.29 is 4.42 Å². The standard InChI is InChI=1S/C26H27N5O2/c1-16-13-20(18(3)30-23-12-8-7-11-22(23)28-15-29-31-27)26-21(14-16)24(32)17(2)25(33-26)19-9-5-4-6-10-19/h4-15,18,30-31H,27H2,1-3H3,(H,28,29). The summed E-state index contributed by atoms with van der Waals surface area (Å²) in [7, 11) is 0. The van der Waals surface area contributed by atoms with E-state index in [4.69, 9.17) is 10.3 Å². The Kier molecular flexibility index (Phi) is 6.53. The van der Waals surface area contributed by atoms with Crippen molar-refractivity contribution in [2.24, 2.45) is 10.8 Å². The van der Waals surface area contributed by atoms with Gasteiger partial charge in [0.05, 0.1) is 22.8 Å². The summed E-state index contributed by atoms with van der Waals surface area (Å²) in [6.45, 7) is 5.84. The Morgan fingerprint density at radius 3 is 2.52 bits per heavy atom. The summed E-state index contributed by atoms with van der Waals surface area (Å²) in [5.41, 5.74) is 10.5. The van der Waals surface area contributed by atoms with Crippen molar-refractivity contribution in [3.8, 4) is 11.3 Å². The molecule has 5 N–H and O–H groups in total. The van der Waals surface area contributed by atoms with Crippen LogP contribution in [0.1, 0.15) is 29.7 Å². The molecule has 1 heterocycles. The Labute approximate surface area is 192 Å². The highest BCUT2D eigenvalue weighted by Crippen LogP contribution is 2.33. The lowest BCUT2D eigenvalue weighted by molar-refractivity contribution is 0.605. The van der Waals surface area contributed by atoms with Gasteiger partial charge in [-0.05, 0) is 44.5 Å². The smallest absolute Gasteiger partial charge is 0.196 e. The summed E-state index contributed by atoms with van der Waals surface area (Å²) in [5.74, 6) is 5.82. The van der Waals surface area contributed by atoms with E-state index >= 15 is 0 Å². The molecule has 0 radical (unpaired) electrons. The summed E-state index contributed by atoms with van der Waals surface area (Å²) in [6, 6.07) is 21.2. The summed E-state index contributed by atoms with van der Waals surface area (Å²) >= 11 is 0. The molecular weight excluding hydrogens is 414 g/mol. The topological polar surface area (TPSA) is 105 Å². The molecule has 4 aromatic rings. The minimum absolute atomic E-state index is 0.0161. The second-order valence-electron chi connectivity index (χ2n) is 7.91. The van der Waals surface area contributed by atoms with E-state index in [1.165, 1.54) is 6.34 Å². The number of anilines is 1. The lowest BCUT2D eigenvalue weighted by Gasteiger charge is -2.19. The van der Waals surface area contributed by atoms with Gasteiger partial charge in [0.25, 0.3) is 0 Å². The van der Waals surface area contributed by atoms with Crippen LogP contribution in [0.5, 0.6) is 0 Å². The number of benzene rings is 3. The molecular formula is C26H27N5O2. The lowest BCUT2D eigenvalue weighted by Crippen LogP contribution is -2.36. The Bertz CT molecular complexity index is 1360. The highest BCUT2D eigenvalue weighted by molar-refractivity contribution is 5.85. The number of aryl methyl sites for hydroxylation is 1. The van der Waals surface area contributed by atoms with E-state index in [0.29, 0.717) is 22.3 Å². The van der Waals surface area contributed by atoms with E-state index in [-0.39, 0.29) is 11.5 Å². The maximum atomic E-state index is 13.3. The van der Waals surface area contributed by atoms with Crippen molar-refractivity contribution in [2.45, 2.75) is 26.8 Å². The summed E-state index contributed by atoms with van der Waals surface area (Å²) < 4.78 is 6.41. The van der Waals surface area contributed by atoms with E-state index in [1.54, 1.807) is 0 Å². The minimum atomic E-state index is -0.154. The monoisotopic (exact) mass is 441 g/mol. The van der Waals surface area contributed by atoms with Crippen LogP contribution in [0.3, 0.4) is 0 Å². The molecule has 1 atom stereocenters. The zero-order valence-corrected chi connectivity index (χ0v) is 18.8. The number of hydrogen-bond donors (Lipinski definition) is 4. The molecule has 0 saturated carbocycles. The summed E-state index contributed by atoms with van der Waals surface area (Å²) in [4.78, 5) is 17.7. The fourth-order valence-corrected chi connectivity index (χ4v) is 3.91. The van der Waals surface area contributed by atoms with Gasteiger partial charge in [-0.2, -0.15) is 5.53 Å². The van der Waals surface area contributed by atoms with Crippen LogP contribution in [-0.4, -0.2) is 6.34 Å². The molecule has 3 aromatic carbocycles. The molecule has 7 heteroatoms. The number of aliphatic imine (C=N–C) groups is 1. The van der Waals surface area contributed by atoms with Gasteiger partial charge in [0.1, 0.15) is 17.7 Å². The Morgan fingerprint density at radius 2 is 1.76 bits per heavy atom. The maximum absolute atomic E-state index is 13.3. The van der Waals surface area contributed by atoms with E-state index in [2.05, 4.69) is 27.3 Å². The molecule has 1 unspecified atom stereocenters. The Morgan fingerprint density at radius 1 is 1.03 bits per heavy atom. The summed E-state index contributed by atoms with van der Waals surface area (Å²) in [5, 5.41) is 4.09. The average Bonchev–Trinajstić information content (AvgIpc) is 2.83. The second kappa shape index (κ2) is 9.68. The Hall–Kier alpha value is -3.94. The van der Waals surface area contributed by atoms with Crippen molar-refractivity contribution in [3.05, 3.63) is 93.6 Å². The highest BCUT2D eigenvalue weighted by Gasteiger charge is 2.19. The quantitative estimate of drug-likeness (QED) is 0.141. The SMILES string of the molecule is Cc1cc(C(C)Nc2ccccc2N=CNNN)c2oc(-c3ccccc3)c(C)c(=O)c2c1. The van der Waals surface area contributed by atoms with Crippen molar-refractivity contribution in [1.82, 2.24) is 11.0 Å². The van der Waals surface area contributed by atoms with Gasteiger partial charge in [0.2, 0.25) is 0 Å². The average molecular weight is 442 g/mol. The first-order valence-electron chi connectivity index (χ1n) is 10.7. The number of fused-ring (bicyclic) bond motifs is 1. The first-order chi connectivity index (χ1) is 16.0. The molecule has 7 nitrogen and oxygen atoms in total. The third-order valence-electron chi connectivity index (χ3n) is 5.52. The molecule has 0 aliphatic carbocycles. The van der Waals surface area contributed by atoms with Gasteiger partial charge in [-0.15, -0.1) is 0 Å². The minimum Gasteiger partial charge on any atom is -0.455 e. The zero-order valence-electron chi connectivity index (χ0n) is 18.8. The molecule has 4 rings (SSSR count). The van der Waals surface area contributed by atoms with Crippen molar-refractivity contribution >= 4 is 28.7 Å². The molecule has 168 valence electrons. The third kappa shape index (κ3) is 4.64. The molecule has 0 aliphatic rings. The van der Waals surface area contributed by atoms with E-state index in [1.807, 2.05) is 81.4 Å². The van der Waals surface area contributed by atoms with Crippen LogP contribution >= 0.6 is 0 Å². The van der Waals surface area contributed by atoms with Crippen LogP contribution in [0.2, 0.25) is 0 Å². The van der Waals surface area contributed by atoms with Crippen LogP contribution in [0, 0.1) is 13.8 Å². The number of nitrogens with two attached hydrogens (primary N) is 1. The van der Waals surface area contributed by atoms with Gasteiger partial charge >= 0.3 is 0 Å². The van der Waals surface area contributed by atoms with Crippen molar-refractivity contribution in [3.63, 3.8) is 0 Å². The molecule has 0 saturated heterocycles. The summed E-state index contributed by atoms with van der Waals surface area (Å²) in [6.07, 6.45) is 1.47. The van der Waals surface area contributed by atoms with Gasteiger partial charge in [-0.1, -0.05) is 48.5 Å². The van der Waals surface area contributed by atoms with Crippen LogP contribution < -0.4 is 27.5 Å². The number of hydrogen-bond acceptors (Lipinski definition) is 6. The van der Waals surface area contributed by atoms with E-state index < -0.39 is 0 Å². The molecule has 1 aromatic heterocycles. The highest BCUT2D eigenvalue weighted by atomic mass is 16.3. The van der Waals surface area contributed by atoms with Crippen molar-refractivity contribution in [2.75, 3.05) is 5.32 Å². The van der Waals surface area contributed by atoms with Gasteiger partial charge in [0, 0.05) is 16.7 Å². The molecule has 0 fully saturated rings. The fraction of sp³-hybridized carbons (Fsp3) is 0.154. The van der Waals surface area contributed by atoms with Gasteiger partial charge in [0.15, 0.2) is 5.43 Å². The number of nitrogens with zero attached hydrogens (tertiary/aromatic N) is 1. The predicted octanol–water partition coefficient (Wildman–Crippen LogP) is 4.88. The number of nitrogens with one attached hydrogen (secondary N) is 3. The van der Waals surface area contributed by atoms with Crippen LogP contribution in [0.4, 0.5) is 11.4 Å². The number of para-hydroxylation sites is 2. The molecule has 0 aliphatic heterocycles. The van der Waals surface area contributed by atoms with Gasteiger partial charge in [-0.3, -0.25) is 16.1 Å². The molecule has 0 bridgehead atoms. The normalized spacial score (nSPS) is 12.2. The van der Waals surface area contributed by atoms with Gasteiger partial charge in [-0.25, -0.2) is 4.99 Å². The molecule has 33 heavy (non-hydrogen) atoms. The third-order valence-corrected chi connectivity index (χ3v) is 5.52. The fourth-order valence-electron chi connectivity index (χ4n) is 3.91. The number of hydrazine groups is 2. The maximum Gasteiger partial charge on any atom is 0.196 e. The largest absolute Gasteiger partial charge is 0.455 e. The zero-order chi connectivity index (χ0) is 23.4. The lowest BCUT2D eigenvalue weighted by atomic mass is 9.98. The van der Waals surface area contributed by atoms with E-state index in [9.17, 15) is 4.79 Å². The first-order valence-corrected chi connectivity index (χ1v) is 10.7. The van der Waals surface area contributed by atoms with Crippen LogP contribution in [-0.2, 0) is 0 Å². The first kappa shape index (κ1) is 22.3. The number of rotatable bonds is 7.